The average molecular weight is 299 g/mol. The van der Waals surface area contributed by atoms with Crippen molar-refractivity contribution < 1.29 is 9.59 Å². The predicted molar refractivity (Wildman–Crippen MR) is 79.5 cm³/mol. The summed E-state index contributed by atoms with van der Waals surface area (Å²) in [6.07, 6.45) is 0. The molecule has 0 fully saturated rings. The molecule has 20 heavy (non-hydrogen) atoms. The fraction of sp³-hybridized carbons (Fsp3) is 0.385. The Morgan fingerprint density at radius 3 is 2.50 bits per heavy atom. The molecule has 0 spiro atoms. The molecule has 1 rings (SSSR count). The lowest BCUT2D eigenvalue weighted by Gasteiger charge is -2.20. The number of carbonyl (C=O) groups is 2. The number of hydrazine groups is 1. The number of halogens is 1. The van der Waals surface area contributed by atoms with Gasteiger partial charge in [0.15, 0.2) is 0 Å². The van der Waals surface area contributed by atoms with Crippen molar-refractivity contribution in [1.82, 2.24) is 10.6 Å². The van der Waals surface area contributed by atoms with E-state index in [-0.39, 0.29) is 23.6 Å². The monoisotopic (exact) mass is 298 g/mol. The van der Waals surface area contributed by atoms with E-state index in [1.807, 2.05) is 20.8 Å². The molecule has 0 heterocycles. The van der Waals surface area contributed by atoms with Crippen LogP contribution in [0.2, 0.25) is 5.02 Å². The summed E-state index contributed by atoms with van der Waals surface area (Å²) < 4.78 is 0. The Hall–Kier alpha value is -1.79. The van der Waals surface area contributed by atoms with Gasteiger partial charge in [-0.3, -0.25) is 15.4 Å². The van der Waals surface area contributed by atoms with Gasteiger partial charge in [-0.15, -0.1) is 0 Å². The van der Waals surface area contributed by atoms with Gasteiger partial charge in [-0.05, 0) is 39.0 Å². The van der Waals surface area contributed by atoms with Gasteiger partial charge in [0.2, 0.25) is 5.91 Å². The maximum atomic E-state index is 12.0. The fourth-order valence-electron chi connectivity index (χ4n) is 1.55. The lowest BCUT2D eigenvalue weighted by atomic mass is 10.1. The zero-order chi connectivity index (χ0) is 15.3. The van der Waals surface area contributed by atoms with Gasteiger partial charge in [0.25, 0.3) is 5.91 Å². The van der Waals surface area contributed by atoms with E-state index < -0.39 is 5.91 Å². The van der Waals surface area contributed by atoms with Gasteiger partial charge >= 0.3 is 0 Å². The van der Waals surface area contributed by atoms with Crippen LogP contribution in [0.15, 0.2) is 18.2 Å². The van der Waals surface area contributed by atoms with Gasteiger partial charge in [0, 0.05) is 10.6 Å². The summed E-state index contributed by atoms with van der Waals surface area (Å²) in [4.78, 5) is 23.6. The van der Waals surface area contributed by atoms with Gasteiger partial charge in [-0.1, -0.05) is 11.6 Å². The second-order valence-corrected chi connectivity index (χ2v) is 5.75. The third kappa shape index (κ3) is 5.07. The molecule has 7 heteroatoms. The summed E-state index contributed by atoms with van der Waals surface area (Å²) in [5, 5.41) is 5.67. The molecule has 0 radical (unpaired) electrons. The van der Waals surface area contributed by atoms with E-state index in [1.165, 1.54) is 6.07 Å². The number of hydrogen-bond donors (Lipinski definition) is 4. The molecule has 1 aromatic rings. The third-order valence-corrected chi connectivity index (χ3v) is 2.54. The molecular weight excluding hydrogens is 280 g/mol. The SMILES string of the molecule is CC(C)(C)NC(=O)CNC(=O)c1cc(Cl)ccc1NN. The number of nitrogens with two attached hydrogens (primary N) is 1. The molecule has 6 nitrogen and oxygen atoms in total. The molecule has 0 aliphatic rings. The minimum absolute atomic E-state index is 0.118. The first-order valence-electron chi connectivity index (χ1n) is 6.08. The smallest absolute Gasteiger partial charge is 0.253 e. The Labute approximate surface area is 123 Å². The number of carbonyl (C=O) groups excluding carboxylic acids is 2. The van der Waals surface area contributed by atoms with Crippen molar-refractivity contribution in [2.45, 2.75) is 26.3 Å². The molecule has 1 aromatic carbocycles. The number of benzene rings is 1. The van der Waals surface area contributed by atoms with Crippen LogP contribution in [0.3, 0.4) is 0 Å². The fourth-order valence-corrected chi connectivity index (χ4v) is 1.72. The third-order valence-electron chi connectivity index (χ3n) is 2.31. The van der Waals surface area contributed by atoms with Crippen LogP contribution in [0.25, 0.3) is 0 Å². The van der Waals surface area contributed by atoms with E-state index >= 15 is 0 Å². The Morgan fingerprint density at radius 1 is 1.30 bits per heavy atom. The Kier molecular flexibility index (Phi) is 5.35. The van der Waals surface area contributed by atoms with Crippen molar-refractivity contribution in [3.8, 4) is 0 Å². The topological polar surface area (TPSA) is 96.2 Å². The number of hydrogen-bond acceptors (Lipinski definition) is 4. The van der Waals surface area contributed by atoms with Crippen molar-refractivity contribution >= 4 is 29.1 Å². The molecule has 0 aliphatic carbocycles. The Morgan fingerprint density at radius 2 is 1.95 bits per heavy atom. The molecule has 110 valence electrons. The van der Waals surface area contributed by atoms with Crippen LogP contribution in [0.5, 0.6) is 0 Å². The Bertz CT molecular complexity index is 512. The molecule has 0 saturated heterocycles. The van der Waals surface area contributed by atoms with E-state index in [4.69, 9.17) is 17.4 Å². The molecule has 5 N–H and O–H groups in total. The van der Waals surface area contributed by atoms with E-state index in [9.17, 15) is 9.59 Å². The average Bonchev–Trinajstić information content (AvgIpc) is 2.33. The van der Waals surface area contributed by atoms with Gasteiger partial charge in [0.1, 0.15) is 0 Å². The maximum Gasteiger partial charge on any atom is 0.253 e. The summed E-state index contributed by atoms with van der Waals surface area (Å²) in [6, 6.07) is 4.68. The molecule has 0 aromatic heterocycles. The van der Waals surface area contributed by atoms with Gasteiger partial charge < -0.3 is 16.1 Å². The number of anilines is 1. The number of nitrogens with one attached hydrogen (secondary N) is 3. The molecule has 0 aliphatic heterocycles. The summed E-state index contributed by atoms with van der Waals surface area (Å²) in [5.74, 6) is 4.63. The highest BCUT2D eigenvalue weighted by Gasteiger charge is 2.16. The summed E-state index contributed by atoms with van der Waals surface area (Å²) >= 11 is 5.84. The lowest BCUT2D eigenvalue weighted by Crippen LogP contribution is -2.45. The van der Waals surface area contributed by atoms with Gasteiger partial charge in [0.05, 0.1) is 17.8 Å². The molecule has 0 unspecified atom stereocenters. The van der Waals surface area contributed by atoms with Crippen molar-refractivity contribution in [2.24, 2.45) is 5.84 Å². The first-order chi connectivity index (χ1) is 9.23. The minimum atomic E-state index is -0.426. The number of nitrogen functional groups attached to an aromatic ring is 1. The zero-order valence-corrected chi connectivity index (χ0v) is 12.5. The second-order valence-electron chi connectivity index (χ2n) is 5.32. The standard InChI is InChI=1S/C13H19ClN4O2/c1-13(2,3)17-11(19)7-16-12(20)9-6-8(14)4-5-10(9)18-15/h4-6,18H,7,15H2,1-3H3,(H,16,20)(H,17,19). The maximum absolute atomic E-state index is 12.0. The van der Waals surface area contributed by atoms with Gasteiger partial charge in [-0.2, -0.15) is 0 Å². The first kappa shape index (κ1) is 16.3. The highest BCUT2D eigenvalue weighted by atomic mass is 35.5. The lowest BCUT2D eigenvalue weighted by molar-refractivity contribution is -0.121. The van der Waals surface area contributed by atoms with Crippen LogP contribution in [0.4, 0.5) is 5.69 Å². The number of rotatable bonds is 4. The van der Waals surface area contributed by atoms with Crippen molar-refractivity contribution in [3.05, 3.63) is 28.8 Å². The molecule has 0 saturated carbocycles. The Balaban J connectivity index is 2.68. The quantitative estimate of drug-likeness (QED) is 0.497. The first-order valence-corrected chi connectivity index (χ1v) is 6.46. The van der Waals surface area contributed by atoms with Crippen molar-refractivity contribution in [3.63, 3.8) is 0 Å². The van der Waals surface area contributed by atoms with Crippen molar-refractivity contribution in [1.29, 1.82) is 0 Å². The molecule has 0 bridgehead atoms. The highest BCUT2D eigenvalue weighted by molar-refractivity contribution is 6.31. The summed E-state index contributed by atoms with van der Waals surface area (Å²) in [7, 11) is 0. The van der Waals surface area contributed by atoms with Crippen LogP contribution in [0, 0.1) is 0 Å². The second kappa shape index (κ2) is 6.58. The normalized spacial score (nSPS) is 10.8. The van der Waals surface area contributed by atoms with Gasteiger partial charge in [-0.25, -0.2) is 0 Å². The number of amides is 2. The minimum Gasteiger partial charge on any atom is -0.350 e. The largest absolute Gasteiger partial charge is 0.350 e. The molecule has 2 amide bonds. The van der Waals surface area contributed by atoms with E-state index in [0.29, 0.717) is 10.7 Å². The zero-order valence-electron chi connectivity index (χ0n) is 11.7. The molecular formula is C13H19ClN4O2. The van der Waals surface area contributed by atoms with Crippen LogP contribution >= 0.6 is 11.6 Å². The summed E-state index contributed by atoms with van der Waals surface area (Å²) in [6.45, 7) is 5.47. The van der Waals surface area contributed by atoms with E-state index in [1.54, 1.807) is 12.1 Å². The summed E-state index contributed by atoms with van der Waals surface area (Å²) in [5.41, 5.74) is 2.78. The van der Waals surface area contributed by atoms with E-state index in [2.05, 4.69) is 16.1 Å². The van der Waals surface area contributed by atoms with Crippen LogP contribution < -0.4 is 21.9 Å². The van der Waals surface area contributed by atoms with Crippen LogP contribution in [-0.4, -0.2) is 23.9 Å². The highest BCUT2D eigenvalue weighted by Crippen LogP contribution is 2.19. The van der Waals surface area contributed by atoms with Crippen LogP contribution in [-0.2, 0) is 4.79 Å². The predicted octanol–water partition coefficient (Wildman–Crippen LogP) is 1.27. The molecule has 0 atom stereocenters. The van der Waals surface area contributed by atoms with E-state index in [0.717, 1.165) is 0 Å². The van der Waals surface area contributed by atoms with Crippen molar-refractivity contribution in [2.75, 3.05) is 12.0 Å². The van der Waals surface area contributed by atoms with Crippen LogP contribution in [0.1, 0.15) is 31.1 Å².